The van der Waals surface area contributed by atoms with Gasteiger partial charge in [-0.15, -0.1) is 5.10 Å². The van der Waals surface area contributed by atoms with Crippen LogP contribution in [0.3, 0.4) is 0 Å². The van der Waals surface area contributed by atoms with Crippen LogP contribution in [-0.2, 0) is 0 Å². The van der Waals surface area contributed by atoms with Crippen LogP contribution < -0.4 is 0 Å². The molecule has 2 unspecified atom stereocenters. The minimum Gasteiger partial charge on any atom is -0.393 e. The van der Waals surface area contributed by atoms with Crippen molar-refractivity contribution >= 4 is 5.91 Å². The third-order valence-corrected chi connectivity index (χ3v) is 3.93. The molecule has 2 heterocycles. The Kier molecular flexibility index (Phi) is 3.70. The Morgan fingerprint density at radius 1 is 1.38 bits per heavy atom. The Morgan fingerprint density at radius 3 is 2.81 bits per heavy atom. The van der Waals surface area contributed by atoms with Crippen molar-refractivity contribution in [2.24, 2.45) is 5.92 Å². The third kappa shape index (κ3) is 2.80. The van der Waals surface area contributed by atoms with E-state index in [-0.39, 0.29) is 17.9 Å². The second-order valence-corrected chi connectivity index (χ2v) is 5.42. The number of hydrogen-bond donors (Lipinski definition) is 1. The quantitative estimate of drug-likeness (QED) is 0.917. The molecule has 1 saturated heterocycles. The van der Waals surface area contributed by atoms with E-state index in [1.807, 2.05) is 30.3 Å². The molecule has 2 aromatic rings. The lowest BCUT2D eigenvalue weighted by Gasteiger charge is -2.16. The Hall–Kier alpha value is -2.21. The van der Waals surface area contributed by atoms with Crippen LogP contribution in [0.25, 0.3) is 5.69 Å². The minimum absolute atomic E-state index is 0.125. The number of aliphatic hydroxyl groups is 1. The van der Waals surface area contributed by atoms with E-state index >= 15 is 0 Å². The lowest BCUT2D eigenvalue weighted by atomic mass is 10.0. The maximum Gasteiger partial charge on any atom is 0.276 e. The van der Waals surface area contributed by atoms with Crippen LogP contribution in [0.1, 0.15) is 23.8 Å². The summed E-state index contributed by atoms with van der Waals surface area (Å²) < 4.78 is 1.59. The van der Waals surface area contributed by atoms with Gasteiger partial charge in [-0.2, -0.15) is 0 Å². The van der Waals surface area contributed by atoms with Crippen LogP contribution in [0.2, 0.25) is 0 Å². The van der Waals surface area contributed by atoms with Crippen molar-refractivity contribution in [2.45, 2.75) is 19.4 Å². The zero-order chi connectivity index (χ0) is 14.8. The molecule has 0 radical (unpaired) electrons. The molecule has 1 N–H and O–H groups in total. The van der Waals surface area contributed by atoms with Crippen molar-refractivity contribution in [3.05, 3.63) is 42.2 Å². The monoisotopic (exact) mass is 286 g/mol. The number of carbonyl (C=O) groups is 1. The van der Waals surface area contributed by atoms with E-state index in [2.05, 4.69) is 10.3 Å². The zero-order valence-corrected chi connectivity index (χ0v) is 11.9. The van der Waals surface area contributed by atoms with Crippen LogP contribution in [0, 0.1) is 5.92 Å². The molecule has 2 atom stereocenters. The predicted molar refractivity (Wildman–Crippen MR) is 77.1 cm³/mol. The van der Waals surface area contributed by atoms with Crippen molar-refractivity contribution in [1.82, 2.24) is 19.9 Å². The van der Waals surface area contributed by atoms with Gasteiger partial charge in [0.1, 0.15) is 0 Å². The van der Waals surface area contributed by atoms with Crippen molar-refractivity contribution in [1.29, 1.82) is 0 Å². The molecule has 1 fully saturated rings. The van der Waals surface area contributed by atoms with Gasteiger partial charge in [0, 0.05) is 19.0 Å². The fourth-order valence-electron chi connectivity index (χ4n) is 2.60. The number of aliphatic hydroxyl groups excluding tert-OH is 1. The summed E-state index contributed by atoms with van der Waals surface area (Å²) in [6.07, 6.45) is 2.09. The zero-order valence-electron chi connectivity index (χ0n) is 11.9. The van der Waals surface area contributed by atoms with Gasteiger partial charge in [0.2, 0.25) is 0 Å². The SMILES string of the molecule is CC(O)C1CCN(C(=O)c2cn(-c3ccccc3)nn2)C1. The van der Waals surface area contributed by atoms with Gasteiger partial charge < -0.3 is 10.0 Å². The molecular weight excluding hydrogens is 268 g/mol. The summed E-state index contributed by atoms with van der Waals surface area (Å²) in [4.78, 5) is 14.1. The maximum absolute atomic E-state index is 12.4. The van der Waals surface area contributed by atoms with Crippen LogP contribution in [-0.4, -0.2) is 50.1 Å². The van der Waals surface area contributed by atoms with Gasteiger partial charge in [-0.1, -0.05) is 23.4 Å². The number of likely N-dealkylation sites (tertiary alicyclic amines) is 1. The summed E-state index contributed by atoms with van der Waals surface area (Å²) in [5, 5.41) is 17.6. The fourth-order valence-corrected chi connectivity index (χ4v) is 2.60. The molecular formula is C15H18N4O2. The van der Waals surface area contributed by atoms with Crippen molar-refractivity contribution < 1.29 is 9.90 Å². The van der Waals surface area contributed by atoms with Crippen LogP contribution in [0.4, 0.5) is 0 Å². The topological polar surface area (TPSA) is 71.2 Å². The molecule has 110 valence electrons. The van der Waals surface area contributed by atoms with Crippen LogP contribution in [0.5, 0.6) is 0 Å². The van der Waals surface area contributed by atoms with Crippen LogP contribution in [0.15, 0.2) is 36.5 Å². The highest BCUT2D eigenvalue weighted by Gasteiger charge is 2.30. The highest BCUT2D eigenvalue weighted by molar-refractivity contribution is 5.92. The smallest absolute Gasteiger partial charge is 0.276 e. The molecule has 1 aromatic carbocycles. The van der Waals surface area contributed by atoms with Gasteiger partial charge in [-0.25, -0.2) is 4.68 Å². The second kappa shape index (κ2) is 5.65. The molecule has 0 aliphatic carbocycles. The average molecular weight is 286 g/mol. The molecule has 1 aliphatic rings. The molecule has 0 spiro atoms. The van der Waals surface area contributed by atoms with Crippen molar-refractivity contribution in [3.8, 4) is 5.69 Å². The first kappa shape index (κ1) is 13.8. The molecule has 1 aromatic heterocycles. The Morgan fingerprint density at radius 2 is 2.14 bits per heavy atom. The first-order valence-electron chi connectivity index (χ1n) is 7.10. The van der Waals surface area contributed by atoms with Crippen molar-refractivity contribution in [2.75, 3.05) is 13.1 Å². The van der Waals surface area contributed by atoms with Crippen molar-refractivity contribution in [3.63, 3.8) is 0 Å². The van der Waals surface area contributed by atoms with Gasteiger partial charge >= 0.3 is 0 Å². The predicted octanol–water partition coefficient (Wildman–Crippen LogP) is 1.11. The average Bonchev–Trinajstić information content (AvgIpc) is 3.17. The number of para-hydroxylation sites is 1. The summed E-state index contributed by atoms with van der Waals surface area (Å²) in [6.45, 7) is 3.01. The Labute approximate surface area is 123 Å². The first-order valence-corrected chi connectivity index (χ1v) is 7.10. The maximum atomic E-state index is 12.4. The lowest BCUT2D eigenvalue weighted by molar-refractivity contribution is 0.0756. The summed E-state index contributed by atoms with van der Waals surface area (Å²) >= 11 is 0. The van der Waals surface area contributed by atoms with E-state index in [0.29, 0.717) is 18.8 Å². The normalized spacial score (nSPS) is 19.7. The molecule has 1 aliphatic heterocycles. The van der Waals surface area contributed by atoms with Gasteiger partial charge in [-0.3, -0.25) is 4.79 Å². The molecule has 0 saturated carbocycles. The first-order chi connectivity index (χ1) is 10.1. The minimum atomic E-state index is -0.386. The summed E-state index contributed by atoms with van der Waals surface area (Å²) in [5.74, 6) is 0.0263. The Bertz CT molecular complexity index is 624. The number of benzene rings is 1. The van der Waals surface area contributed by atoms with Gasteiger partial charge in [0.25, 0.3) is 5.91 Å². The van der Waals surface area contributed by atoms with E-state index < -0.39 is 0 Å². The third-order valence-electron chi connectivity index (χ3n) is 3.93. The molecule has 0 bridgehead atoms. The van der Waals surface area contributed by atoms with E-state index in [1.54, 1.807) is 22.7 Å². The Balaban J connectivity index is 1.73. The molecule has 21 heavy (non-hydrogen) atoms. The van der Waals surface area contributed by atoms with E-state index in [4.69, 9.17) is 0 Å². The van der Waals surface area contributed by atoms with E-state index in [9.17, 15) is 9.90 Å². The number of amides is 1. The highest BCUT2D eigenvalue weighted by atomic mass is 16.3. The second-order valence-electron chi connectivity index (χ2n) is 5.42. The number of aromatic nitrogens is 3. The van der Waals surface area contributed by atoms with Gasteiger partial charge in [-0.05, 0) is 25.5 Å². The van der Waals surface area contributed by atoms with Gasteiger partial charge in [0.05, 0.1) is 18.0 Å². The number of rotatable bonds is 3. The summed E-state index contributed by atoms with van der Waals surface area (Å²) in [7, 11) is 0. The molecule has 6 nitrogen and oxygen atoms in total. The molecule has 6 heteroatoms. The standard InChI is InChI=1S/C15H18N4O2/c1-11(20)12-7-8-18(9-12)15(21)14-10-19(17-16-14)13-5-3-2-4-6-13/h2-6,10-12,20H,7-9H2,1H3. The number of carbonyl (C=O) groups excluding carboxylic acids is 1. The number of hydrogen-bond acceptors (Lipinski definition) is 4. The summed E-state index contributed by atoms with van der Waals surface area (Å²) in [6, 6.07) is 9.55. The van der Waals surface area contributed by atoms with E-state index in [1.165, 1.54) is 0 Å². The van der Waals surface area contributed by atoms with E-state index in [0.717, 1.165) is 12.1 Å². The lowest BCUT2D eigenvalue weighted by Crippen LogP contribution is -2.30. The fraction of sp³-hybridized carbons (Fsp3) is 0.400. The largest absolute Gasteiger partial charge is 0.393 e. The van der Waals surface area contributed by atoms with Gasteiger partial charge in [0.15, 0.2) is 5.69 Å². The van der Waals surface area contributed by atoms with Crippen LogP contribution >= 0.6 is 0 Å². The highest BCUT2D eigenvalue weighted by Crippen LogP contribution is 2.21. The summed E-state index contributed by atoms with van der Waals surface area (Å²) in [5.41, 5.74) is 1.21. The number of nitrogens with zero attached hydrogens (tertiary/aromatic N) is 4. The molecule has 1 amide bonds. The molecule has 3 rings (SSSR count).